The van der Waals surface area contributed by atoms with Gasteiger partial charge in [0.05, 0.1) is 5.56 Å². The Bertz CT molecular complexity index is 1130. The number of carbonyl (C=O) groups is 2. The van der Waals surface area contributed by atoms with E-state index in [1.807, 2.05) is 78.9 Å². The SMILES string of the molecule is C[C@H](OC(=O)c1c2ccccc2cc2ccccc12)C(=O)NCc1ccccc1. The van der Waals surface area contributed by atoms with Crippen LogP contribution in [0.5, 0.6) is 0 Å². The highest BCUT2D eigenvalue weighted by molar-refractivity contribution is 6.16. The Morgan fingerprint density at radius 1 is 0.828 bits per heavy atom. The number of esters is 1. The third-order valence-corrected chi connectivity index (χ3v) is 4.94. The zero-order valence-electron chi connectivity index (χ0n) is 16.1. The smallest absolute Gasteiger partial charge is 0.340 e. The second-order valence-electron chi connectivity index (χ2n) is 6.94. The Morgan fingerprint density at radius 2 is 1.38 bits per heavy atom. The Hall–Kier alpha value is -3.66. The van der Waals surface area contributed by atoms with E-state index in [0.717, 1.165) is 27.1 Å². The first-order valence-corrected chi connectivity index (χ1v) is 9.56. The van der Waals surface area contributed by atoms with Gasteiger partial charge in [-0.15, -0.1) is 0 Å². The van der Waals surface area contributed by atoms with Crippen LogP contribution in [-0.2, 0) is 16.1 Å². The Balaban J connectivity index is 1.57. The van der Waals surface area contributed by atoms with E-state index in [2.05, 4.69) is 11.4 Å². The van der Waals surface area contributed by atoms with Crippen LogP contribution in [0, 0.1) is 0 Å². The first kappa shape index (κ1) is 18.7. The van der Waals surface area contributed by atoms with Gasteiger partial charge < -0.3 is 10.1 Å². The molecule has 0 fully saturated rings. The second kappa shape index (κ2) is 8.15. The average molecular weight is 383 g/mol. The number of fused-ring (bicyclic) bond motifs is 2. The van der Waals surface area contributed by atoms with E-state index in [1.54, 1.807) is 6.92 Å². The van der Waals surface area contributed by atoms with Gasteiger partial charge >= 0.3 is 5.97 Å². The van der Waals surface area contributed by atoms with Gasteiger partial charge in [-0.2, -0.15) is 0 Å². The van der Waals surface area contributed by atoms with Gasteiger partial charge in [0.2, 0.25) is 0 Å². The lowest BCUT2D eigenvalue weighted by Gasteiger charge is -2.16. The molecular weight excluding hydrogens is 362 g/mol. The molecule has 4 rings (SSSR count). The van der Waals surface area contributed by atoms with Gasteiger partial charge in [0.15, 0.2) is 6.10 Å². The summed E-state index contributed by atoms with van der Waals surface area (Å²) < 4.78 is 5.55. The maximum Gasteiger partial charge on any atom is 0.340 e. The third kappa shape index (κ3) is 3.97. The zero-order valence-corrected chi connectivity index (χ0v) is 16.1. The Labute approximate surface area is 169 Å². The van der Waals surface area contributed by atoms with E-state index in [9.17, 15) is 9.59 Å². The van der Waals surface area contributed by atoms with Crippen LogP contribution >= 0.6 is 0 Å². The van der Waals surface area contributed by atoms with Crippen LogP contribution in [0.1, 0.15) is 22.8 Å². The van der Waals surface area contributed by atoms with Crippen molar-refractivity contribution in [2.75, 3.05) is 0 Å². The molecule has 4 nitrogen and oxygen atoms in total. The minimum atomic E-state index is -0.899. The summed E-state index contributed by atoms with van der Waals surface area (Å²) in [4.78, 5) is 25.5. The van der Waals surface area contributed by atoms with Gasteiger partial charge in [-0.25, -0.2) is 4.79 Å². The number of ether oxygens (including phenoxy) is 1. The molecule has 0 aliphatic heterocycles. The van der Waals surface area contributed by atoms with Crippen LogP contribution in [-0.4, -0.2) is 18.0 Å². The molecule has 0 bridgehead atoms. The Morgan fingerprint density at radius 3 is 2.00 bits per heavy atom. The summed E-state index contributed by atoms with van der Waals surface area (Å²) in [6.07, 6.45) is -0.899. The highest BCUT2D eigenvalue weighted by Crippen LogP contribution is 2.29. The molecule has 1 amide bonds. The first-order chi connectivity index (χ1) is 14.1. The monoisotopic (exact) mass is 383 g/mol. The first-order valence-electron chi connectivity index (χ1n) is 9.56. The zero-order chi connectivity index (χ0) is 20.2. The van der Waals surface area contributed by atoms with Crippen molar-refractivity contribution < 1.29 is 14.3 Å². The molecule has 0 unspecified atom stereocenters. The molecule has 4 heteroatoms. The highest BCUT2D eigenvalue weighted by atomic mass is 16.5. The number of benzene rings is 4. The molecule has 1 atom stereocenters. The summed E-state index contributed by atoms with van der Waals surface area (Å²) in [6, 6.07) is 27.1. The van der Waals surface area contributed by atoms with Gasteiger partial charge in [0, 0.05) is 6.54 Å². The largest absolute Gasteiger partial charge is 0.449 e. The van der Waals surface area contributed by atoms with Gasteiger partial charge in [-0.05, 0) is 40.1 Å². The molecule has 4 aromatic carbocycles. The van der Waals surface area contributed by atoms with E-state index >= 15 is 0 Å². The second-order valence-corrected chi connectivity index (χ2v) is 6.94. The van der Waals surface area contributed by atoms with Crippen molar-refractivity contribution in [1.82, 2.24) is 5.32 Å². The van der Waals surface area contributed by atoms with Crippen LogP contribution in [0.15, 0.2) is 84.9 Å². The third-order valence-electron chi connectivity index (χ3n) is 4.94. The predicted molar refractivity (Wildman–Crippen MR) is 115 cm³/mol. The molecule has 4 aromatic rings. The van der Waals surface area contributed by atoms with E-state index in [4.69, 9.17) is 4.74 Å². The number of nitrogens with one attached hydrogen (secondary N) is 1. The summed E-state index contributed by atoms with van der Waals surface area (Å²) in [5.74, 6) is -0.827. The molecule has 1 N–H and O–H groups in total. The molecule has 0 aliphatic carbocycles. The van der Waals surface area contributed by atoms with E-state index in [-0.39, 0.29) is 5.91 Å². The standard InChI is InChI=1S/C25H21NO3/c1-17(24(27)26-16-18-9-3-2-4-10-18)29-25(28)23-21-13-7-5-11-19(21)15-20-12-6-8-14-22(20)23/h2-15,17H,16H2,1H3,(H,26,27)/t17-/m0/s1. The van der Waals surface area contributed by atoms with Crippen molar-refractivity contribution in [2.24, 2.45) is 0 Å². The van der Waals surface area contributed by atoms with Crippen LogP contribution in [0.25, 0.3) is 21.5 Å². The summed E-state index contributed by atoms with van der Waals surface area (Å²) in [5.41, 5.74) is 1.47. The summed E-state index contributed by atoms with van der Waals surface area (Å²) in [7, 11) is 0. The lowest BCUT2D eigenvalue weighted by molar-refractivity contribution is -0.129. The van der Waals surface area contributed by atoms with Crippen LogP contribution in [0.2, 0.25) is 0 Å². The number of rotatable bonds is 5. The minimum Gasteiger partial charge on any atom is -0.449 e. The molecular formula is C25H21NO3. The molecule has 29 heavy (non-hydrogen) atoms. The normalized spacial score (nSPS) is 11.9. The van der Waals surface area contributed by atoms with Crippen molar-refractivity contribution in [3.8, 4) is 0 Å². The van der Waals surface area contributed by atoms with Crippen molar-refractivity contribution in [2.45, 2.75) is 19.6 Å². The quantitative estimate of drug-likeness (QED) is 0.396. The molecule has 0 saturated heterocycles. The maximum absolute atomic E-state index is 13.1. The van der Waals surface area contributed by atoms with Gasteiger partial charge in [-0.1, -0.05) is 78.9 Å². The van der Waals surface area contributed by atoms with Gasteiger partial charge in [0.1, 0.15) is 0 Å². The van der Waals surface area contributed by atoms with E-state index in [0.29, 0.717) is 12.1 Å². The van der Waals surface area contributed by atoms with Gasteiger partial charge in [0.25, 0.3) is 5.91 Å². The molecule has 144 valence electrons. The molecule has 0 spiro atoms. The molecule has 0 saturated carbocycles. The minimum absolute atomic E-state index is 0.327. The summed E-state index contributed by atoms with van der Waals surface area (Å²) in [6.45, 7) is 1.98. The van der Waals surface area contributed by atoms with Crippen molar-refractivity contribution in [3.05, 3.63) is 96.1 Å². The predicted octanol–water partition coefficient (Wildman–Crippen LogP) is 4.85. The number of carbonyl (C=O) groups excluding carboxylic acids is 2. The molecule has 0 aromatic heterocycles. The maximum atomic E-state index is 13.1. The lowest BCUT2D eigenvalue weighted by atomic mass is 9.97. The number of hydrogen-bond donors (Lipinski definition) is 1. The topological polar surface area (TPSA) is 55.4 Å². The molecule has 0 heterocycles. The van der Waals surface area contributed by atoms with Crippen molar-refractivity contribution in [3.63, 3.8) is 0 Å². The summed E-state index contributed by atoms with van der Waals surface area (Å²) in [5, 5.41) is 6.36. The van der Waals surface area contributed by atoms with Crippen LogP contribution in [0.4, 0.5) is 0 Å². The summed E-state index contributed by atoms with van der Waals surface area (Å²) >= 11 is 0. The lowest BCUT2D eigenvalue weighted by Crippen LogP contribution is -2.35. The molecule has 0 radical (unpaired) electrons. The van der Waals surface area contributed by atoms with Crippen molar-refractivity contribution in [1.29, 1.82) is 0 Å². The highest BCUT2D eigenvalue weighted by Gasteiger charge is 2.22. The number of hydrogen-bond acceptors (Lipinski definition) is 3. The fourth-order valence-electron chi connectivity index (χ4n) is 3.44. The Kier molecular flexibility index (Phi) is 5.25. The van der Waals surface area contributed by atoms with Crippen LogP contribution in [0.3, 0.4) is 0 Å². The van der Waals surface area contributed by atoms with Gasteiger partial charge in [-0.3, -0.25) is 4.79 Å². The number of amides is 1. The fourth-order valence-corrected chi connectivity index (χ4v) is 3.44. The van der Waals surface area contributed by atoms with E-state index < -0.39 is 12.1 Å². The molecule has 0 aliphatic rings. The fraction of sp³-hybridized carbons (Fsp3) is 0.120. The van der Waals surface area contributed by atoms with E-state index in [1.165, 1.54) is 0 Å². The van der Waals surface area contributed by atoms with Crippen LogP contribution < -0.4 is 5.32 Å². The average Bonchev–Trinajstić information content (AvgIpc) is 2.76. The van der Waals surface area contributed by atoms with Crippen molar-refractivity contribution >= 4 is 33.4 Å².